The van der Waals surface area contributed by atoms with Gasteiger partial charge in [0.2, 0.25) is 0 Å². The van der Waals surface area contributed by atoms with E-state index in [4.69, 9.17) is 0 Å². The lowest BCUT2D eigenvalue weighted by Crippen LogP contribution is -1.87. The van der Waals surface area contributed by atoms with E-state index in [1.165, 1.54) is 0 Å². The van der Waals surface area contributed by atoms with Gasteiger partial charge in [0.15, 0.2) is 0 Å². The van der Waals surface area contributed by atoms with Gasteiger partial charge >= 0.3 is 0 Å². The predicted octanol–water partition coefficient (Wildman–Crippen LogP) is -0.723. The number of rotatable bonds is 3. The zero-order valence-corrected chi connectivity index (χ0v) is 6.19. The Hall–Kier alpha value is -0.170. The van der Waals surface area contributed by atoms with Gasteiger partial charge in [0.25, 0.3) is 11.0 Å². The van der Waals surface area contributed by atoms with Gasteiger partial charge in [0.1, 0.15) is 0 Å². The lowest BCUT2D eigenvalue weighted by atomic mass is 10.5. The molecule has 0 unspecified atom stereocenters. The molecule has 60 valence electrons. The van der Waals surface area contributed by atoms with Crippen LogP contribution in [0.4, 0.5) is 0 Å². The van der Waals surface area contributed by atoms with Crippen LogP contribution in [0, 0.1) is 0 Å². The van der Waals surface area contributed by atoms with Crippen LogP contribution in [0.5, 0.6) is 0 Å². The van der Waals surface area contributed by atoms with Crippen molar-refractivity contribution >= 4 is 11.0 Å². The van der Waals surface area contributed by atoms with Crippen molar-refractivity contribution in [3.05, 3.63) is 0 Å². The Labute approximate surface area is 56.1 Å². The summed E-state index contributed by atoms with van der Waals surface area (Å²) in [6.07, 6.45) is 0.739. The molecule has 0 saturated carbocycles. The molecular formula is C3H13NO4S. The topological polar surface area (TPSA) is 110 Å². The minimum atomic E-state index is -2.61. The van der Waals surface area contributed by atoms with E-state index in [1.54, 1.807) is 0 Å². The van der Waals surface area contributed by atoms with Crippen LogP contribution in [-0.4, -0.2) is 20.5 Å². The van der Waals surface area contributed by atoms with E-state index >= 15 is 0 Å². The average Bonchev–Trinajstić information content (AvgIpc) is 1.61. The van der Waals surface area contributed by atoms with Crippen molar-refractivity contribution in [2.24, 2.45) is 0 Å². The second kappa shape index (κ2) is 10.7. The molecule has 0 saturated heterocycles. The van der Waals surface area contributed by atoms with Crippen molar-refractivity contribution in [2.45, 2.75) is 13.3 Å². The van der Waals surface area contributed by atoms with Gasteiger partial charge in [-0.1, -0.05) is 6.92 Å². The zero-order valence-electron chi connectivity index (χ0n) is 5.29. The first kappa shape index (κ1) is 15.9. The maximum absolute atomic E-state index is 9.57. The highest BCUT2D eigenvalue weighted by Gasteiger charge is 1.79. The van der Waals surface area contributed by atoms with Crippen LogP contribution in [0.3, 0.4) is 0 Å². The standard InChI is InChI=1S/C3H8O3S.H3N.H2O/c1-2-3-6-7(4)5;;/h7H,2-3H2,1H3;1H3;1H2. The summed E-state index contributed by atoms with van der Waals surface area (Å²) in [5.41, 5.74) is 0. The SMILES string of the molecule is CCCO[SH](=O)=O.N.O. The van der Waals surface area contributed by atoms with Crippen molar-refractivity contribution in [2.75, 3.05) is 6.61 Å². The number of hydrogen-bond acceptors (Lipinski definition) is 4. The van der Waals surface area contributed by atoms with Crippen molar-refractivity contribution in [1.82, 2.24) is 6.15 Å². The molecule has 0 aromatic carbocycles. The van der Waals surface area contributed by atoms with Crippen molar-refractivity contribution in [3.8, 4) is 0 Å². The molecule has 0 bridgehead atoms. The van der Waals surface area contributed by atoms with Gasteiger partial charge in [-0.05, 0) is 6.42 Å². The molecule has 0 fully saturated rings. The predicted molar refractivity (Wildman–Crippen MR) is 35.2 cm³/mol. The lowest BCUT2D eigenvalue weighted by Gasteiger charge is -1.84. The van der Waals surface area contributed by atoms with Gasteiger partial charge < -0.3 is 11.6 Å². The molecular weight excluding hydrogens is 146 g/mol. The van der Waals surface area contributed by atoms with Gasteiger partial charge in [-0.15, -0.1) is 0 Å². The fourth-order valence-electron chi connectivity index (χ4n) is 0.166. The minimum absolute atomic E-state index is 0. The molecule has 0 aliphatic rings. The molecule has 0 aliphatic carbocycles. The van der Waals surface area contributed by atoms with Crippen molar-refractivity contribution in [3.63, 3.8) is 0 Å². The third-order valence-electron chi connectivity index (χ3n) is 0.401. The molecule has 0 heterocycles. The van der Waals surface area contributed by atoms with E-state index in [0.29, 0.717) is 6.61 Å². The maximum Gasteiger partial charge on any atom is 0.257 e. The van der Waals surface area contributed by atoms with Gasteiger partial charge in [-0.3, -0.25) is 4.18 Å². The van der Waals surface area contributed by atoms with Gasteiger partial charge in [-0.25, -0.2) is 8.42 Å². The second-order valence-corrected chi connectivity index (χ2v) is 1.76. The molecule has 0 atom stereocenters. The van der Waals surface area contributed by atoms with Gasteiger partial charge in [-0.2, -0.15) is 0 Å². The summed E-state index contributed by atoms with van der Waals surface area (Å²) >= 11 is 0. The second-order valence-electron chi connectivity index (χ2n) is 1.06. The summed E-state index contributed by atoms with van der Waals surface area (Å²) in [6.45, 7) is 2.15. The van der Waals surface area contributed by atoms with E-state index in [0.717, 1.165) is 6.42 Å². The van der Waals surface area contributed by atoms with E-state index in [9.17, 15) is 8.42 Å². The van der Waals surface area contributed by atoms with Crippen LogP contribution >= 0.6 is 0 Å². The molecule has 6 heteroatoms. The Morgan fingerprint density at radius 1 is 1.44 bits per heavy atom. The number of hydrogen-bond donors (Lipinski definition) is 2. The highest BCUT2D eigenvalue weighted by atomic mass is 32.2. The van der Waals surface area contributed by atoms with Crippen LogP contribution in [0.15, 0.2) is 0 Å². The van der Waals surface area contributed by atoms with E-state index in [1.807, 2.05) is 6.92 Å². The third-order valence-corrected chi connectivity index (χ3v) is 0.794. The minimum Gasteiger partial charge on any atom is -0.412 e. The highest BCUT2D eigenvalue weighted by molar-refractivity contribution is 7.67. The van der Waals surface area contributed by atoms with E-state index < -0.39 is 11.0 Å². The highest BCUT2D eigenvalue weighted by Crippen LogP contribution is 1.76. The Bertz CT molecular complexity index is 94.0. The molecule has 5 N–H and O–H groups in total. The summed E-state index contributed by atoms with van der Waals surface area (Å²) in [5, 5.41) is 0. The molecule has 0 rings (SSSR count). The van der Waals surface area contributed by atoms with Gasteiger partial charge in [0, 0.05) is 0 Å². The number of thiol groups is 1. The monoisotopic (exact) mass is 159 g/mol. The van der Waals surface area contributed by atoms with Crippen LogP contribution in [0.2, 0.25) is 0 Å². The van der Waals surface area contributed by atoms with Gasteiger partial charge in [0.05, 0.1) is 6.61 Å². The molecule has 0 radical (unpaired) electrons. The van der Waals surface area contributed by atoms with Crippen molar-refractivity contribution in [1.29, 1.82) is 0 Å². The molecule has 0 spiro atoms. The summed E-state index contributed by atoms with van der Waals surface area (Å²) < 4.78 is 23.3. The fourth-order valence-corrected chi connectivity index (χ4v) is 0.497. The Morgan fingerprint density at radius 3 is 2.00 bits per heavy atom. The molecule has 0 aromatic rings. The first-order chi connectivity index (χ1) is 3.27. The largest absolute Gasteiger partial charge is 0.412 e. The third kappa shape index (κ3) is 18.1. The first-order valence-corrected chi connectivity index (χ1v) is 3.14. The molecule has 5 nitrogen and oxygen atoms in total. The summed E-state index contributed by atoms with van der Waals surface area (Å²) in [6, 6.07) is 0. The summed E-state index contributed by atoms with van der Waals surface area (Å²) in [4.78, 5) is 0. The normalized spacial score (nSPS) is 7.78. The maximum atomic E-state index is 9.57. The van der Waals surface area contributed by atoms with Crippen molar-refractivity contribution < 1.29 is 18.1 Å². The molecule has 9 heavy (non-hydrogen) atoms. The fraction of sp³-hybridized carbons (Fsp3) is 1.00. The van der Waals surface area contributed by atoms with Crippen LogP contribution in [-0.2, 0) is 15.2 Å². The lowest BCUT2D eigenvalue weighted by molar-refractivity contribution is 0.333. The zero-order chi connectivity index (χ0) is 5.70. The summed E-state index contributed by atoms with van der Waals surface area (Å²) in [5.74, 6) is 0. The van der Waals surface area contributed by atoms with Crippen LogP contribution in [0.25, 0.3) is 0 Å². The van der Waals surface area contributed by atoms with E-state index in [-0.39, 0.29) is 11.6 Å². The molecule has 0 aliphatic heterocycles. The van der Waals surface area contributed by atoms with Crippen LogP contribution in [0.1, 0.15) is 13.3 Å². The Kier molecular flexibility index (Phi) is 19.0. The average molecular weight is 159 g/mol. The van der Waals surface area contributed by atoms with Crippen LogP contribution < -0.4 is 6.15 Å². The molecule has 0 aromatic heterocycles. The molecule has 0 amide bonds. The smallest absolute Gasteiger partial charge is 0.257 e. The summed E-state index contributed by atoms with van der Waals surface area (Å²) in [7, 11) is -2.61. The quantitative estimate of drug-likeness (QED) is 0.529. The Morgan fingerprint density at radius 2 is 1.89 bits per heavy atom. The first-order valence-electron chi connectivity index (χ1n) is 2.04. The Balaban J connectivity index is -0.000000180. The van der Waals surface area contributed by atoms with E-state index in [2.05, 4.69) is 4.18 Å².